The minimum atomic E-state index is 0.482. The van der Waals surface area contributed by atoms with Gasteiger partial charge in [0.25, 0.3) is 0 Å². The van der Waals surface area contributed by atoms with Crippen molar-refractivity contribution in [2.24, 2.45) is 0 Å². The smallest absolute Gasteiger partial charge is 0.140 e. The average molecular weight is 242 g/mol. The highest BCUT2D eigenvalue weighted by Gasteiger charge is 2.08. The van der Waals surface area contributed by atoms with Crippen LogP contribution in [0.15, 0.2) is 16.6 Å². The third kappa shape index (κ3) is 1.93. The van der Waals surface area contributed by atoms with Crippen LogP contribution in [0.1, 0.15) is 5.56 Å². The molecule has 68 valence electrons. The summed E-state index contributed by atoms with van der Waals surface area (Å²) >= 11 is 3.28. The topological polar surface area (TPSA) is 42.2 Å². The van der Waals surface area contributed by atoms with Gasteiger partial charge in [-0.15, -0.1) is 0 Å². The molecule has 0 fully saturated rings. The highest BCUT2D eigenvalue weighted by atomic mass is 79.9. The van der Waals surface area contributed by atoms with E-state index < -0.39 is 0 Å². The molecule has 0 bridgehead atoms. The van der Waals surface area contributed by atoms with Crippen LogP contribution in [0.25, 0.3) is 0 Å². The van der Waals surface area contributed by atoms with Crippen molar-refractivity contribution in [3.05, 3.63) is 22.2 Å². The van der Waals surface area contributed by atoms with Gasteiger partial charge in [-0.2, -0.15) is 5.26 Å². The second kappa shape index (κ2) is 4.15. The number of hydrogen-bond donors (Lipinski definition) is 0. The molecular formula is C9H8BrNO2. The highest BCUT2D eigenvalue weighted by Crippen LogP contribution is 2.32. The fraction of sp³-hybridized carbons (Fsp3) is 0.222. The molecule has 0 aliphatic heterocycles. The van der Waals surface area contributed by atoms with Gasteiger partial charge in [0.1, 0.15) is 17.6 Å². The first kappa shape index (κ1) is 9.87. The first-order chi connectivity index (χ1) is 6.22. The van der Waals surface area contributed by atoms with E-state index in [9.17, 15) is 0 Å². The molecule has 4 heteroatoms. The van der Waals surface area contributed by atoms with Crippen LogP contribution in [0, 0.1) is 11.3 Å². The van der Waals surface area contributed by atoms with Gasteiger partial charge >= 0.3 is 0 Å². The molecule has 0 atom stereocenters. The maximum atomic E-state index is 8.75. The Morgan fingerprint density at radius 3 is 2.31 bits per heavy atom. The Bertz CT molecular complexity index is 357. The van der Waals surface area contributed by atoms with Gasteiger partial charge in [0.2, 0.25) is 0 Å². The SMILES string of the molecule is COc1cc(OC)c(C#N)cc1Br. The Morgan fingerprint density at radius 1 is 1.23 bits per heavy atom. The minimum absolute atomic E-state index is 0.482. The second-order valence-electron chi connectivity index (χ2n) is 2.30. The van der Waals surface area contributed by atoms with Crippen molar-refractivity contribution < 1.29 is 9.47 Å². The first-order valence-electron chi connectivity index (χ1n) is 3.54. The molecule has 0 aliphatic rings. The first-order valence-corrected chi connectivity index (χ1v) is 4.34. The predicted octanol–water partition coefficient (Wildman–Crippen LogP) is 2.34. The number of nitrogens with zero attached hydrogens (tertiary/aromatic N) is 1. The van der Waals surface area contributed by atoms with Crippen molar-refractivity contribution in [2.75, 3.05) is 14.2 Å². The molecule has 0 heterocycles. The van der Waals surface area contributed by atoms with E-state index in [2.05, 4.69) is 15.9 Å². The van der Waals surface area contributed by atoms with Crippen molar-refractivity contribution in [1.82, 2.24) is 0 Å². The molecule has 0 aliphatic carbocycles. The van der Waals surface area contributed by atoms with E-state index in [1.54, 1.807) is 19.2 Å². The van der Waals surface area contributed by atoms with Crippen LogP contribution < -0.4 is 9.47 Å². The Kier molecular flexibility index (Phi) is 3.15. The molecule has 0 saturated carbocycles. The Labute approximate surface area is 85.0 Å². The van der Waals surface area contributed by atoms with Gasteiger partial charge in [-0.05, 0) is 22.0 Å². The minimum Gasteiger partial charge on any atom is -0.495 e. The highest BCUT2D eigenvalue weighted by molar-refractivity contribution is 9.10. The van der Waals surface area contributed by atoms with E-state index >= 15 is 0 Å². The molecule has 0 amide bonds. The molecule has 1 rings (SSSR count). The van der Waals surface area contributed by atoms with E-state index in [4.69, 9.17) is 14.7 Å². The summed E-state index contributed by atoms with van der Waals surface area (Å²) in [4.78, 5) is 0. The van der Waals surface area contributed by atoms with E-state index in [-0.39, 0.29) is 0 Å². The quantitative estimate of drug-likeness (QED) is 0.799. The maximum absolute atomic E-state index is 8.75. The third-order valence-corrected chi connectivity index (χ3v) is 2.21. The molecule has 1 aromatic rings. The molecule has 0 unspecified atom stereocenters. The van der Waals surface area contributed by atoms with Gasteiger partial charge in [0.05, 0.1) is 24.3 Å². The largest absolute Gasteiger partial charge is 0.495 e. The molecule has 0 radical (unpaired) electrons. The van der Waals surface area contributed by atoms with Gasteiger partial charge in [-0.1, -0.05) is 0 Å². The third-order valence-electron chi connectivity index (χ3n) is 1.59. The van der Waals surface area contributed by atoms with Gasteiger partial charge in [0.15, 0.2) is 0 Å². The summed E-state index contributed by atoms with van der Waals surface area (Å²) in [6.45, 7) is 0. The average Bonchev–Trinajstić information content (AvgIpc) is 2.17. The van der Waals surface area contributed by atoms with Crippen LogP contribution in [0.3, 0.4) is 0 Å². The van der Waals surface area contributed by atoms with Crippen LogP contribution in [-0.4, -0.2) is 14.2 Å². The van der Waals surface area contributed by atoms with Crippen molar-refractivity contribution in [1.29, 1.82) is 5.26 Å². The van der Waals surface area contributed by atoms with Crippen LogP contribution in [0.2, 0.25) is 0 Å². The summed E-state index contributed by atoms with van der Waals surface area (Å²) < 4.78 is 10.8. The van der Waals surface area contributed by atoms with Gasteiger partial charge in [0, 0.05) is 6.07 Å². The van der Waals surface area contributed by atoms with Crippen LogP contribution in [0.5, 0.6) is 11.5 Å². The number of methoxy groups -OCH3 is 2. The zero-order valence-corrected chi connectivity index (χ0v) is 8.88. The van der Waals surface area contributed by atoms with Crippen molar-refractivity contribution in [3.8, 4) is 17.6 Å². The summed E-state index contributed by atoms with van der Waals surface area (Å²) in [6.07, 6.45) is 0. The number of rotatable bonds is 2. The zero-order chi connectivity index (χ0) is 9.84. The van der Waals surface area contributed by atoms with Gasteiger partial charge in [-0.3, -0.25) is 0 Å². The molecule has 13 heavy (non-hydrogen) atoms. The summed E-state index contributed by atoms with van der Waals surface area (Å²) in [6, 6.07) is 5.36. The standard InChI is InChI=1S/C9H8BrNO2/c1-12-8-4-9(13-2)7(10)3-6(8)5-11/h3-4H,1-2H3. The van der Waals surface area contributed by atoms with Crippen molar-refractivity contribution >= 4 is 15.9 Å². The van der Waals surface area contributed by atoms with Crippen LogP contribution in [0.4, 0.5) is 0 Å². The molecular weight excluding hydrogens is 234 g/mol. The van der Waals surface area contributed by atoms with E-state index in [0.717, 1.165) is 4.47 Å². The van der Waals surface area contributed by atoms with E-state index in [1.807, 2.05) is 6.07 Å². The zero-order valence-electron chi connectivity index (χ0n) is 7.30. The fourth-order valence-corrected chi connectivity index (χ4v) is 1.45. The Morgan fingerprint density at radius 2 is 1.85 bits per heavy atom. The lowest BCUT2D eigenvalue weighted by molar-refractivity contribution is 0.392. The maximum Gasteiger partial charge on any atom is 0.140 e. The van der Waals surface area contributed by atoms with E-state index in [0.29, 0.717) is 17.1 Å². The molecule has 0 saturated heterocycles. The molecule has 0 aromatic heterocycles. The van der Waals surface area contributed by atoms with Crippen LogP contribution in [-0.2, 0) is 0 Å². The molecule has 0 spiro atoms. The van der Waals surface area contributed by atoms with Gasteiger partial charge in [-0.25, -0.2) is 0 Å². The number of nitriles is 1. The lowest BCUT2D eigenvalue weighted by atomic mass is 10.2. The van der Waals surface area contributed by atoms with Gasteiger partial charge < -0.3 is 9.47 Å². The molecule has 0 N–H and O–H groups in total. The monoisotopic (exact) mass is 241 g/mol. The van der Waals surface area contributed by atoms with Crippen molar-refractivity contribution in [2.45, 2.75) is 0 Å². The number of ether oxygens (including phenoxy) is 2. The summed E-state index contributed by atoms with van der Waals surface area (Å²) in [5, 5.41) is 8.75. The Balaban J connectivity index is 3.28. The molecule has 3 nitrogen and oxygen atoms in total. The number of benzene rings is 1. The van der Waals surface area contributed by atoms with Crippen molar-refractivity contribution in [3.63, 3.8) is 0 Å². The lowest BCUT2D eigenvalue weighted by Gasteiger charge is -2.07. The number of hydrogen-bond acceptors (Lipinski definition) is 3. The summed E-state index contributed by atoms with van der Waals surface area (Å²) in [5.41, 5.74) is 0.482. The van der Waals surface area contributed by atoms with Crippen LogP contribution >= 0.6 is 15.9 Å². The predicted molar refractivity (Wildman–Crippen MR) is 52.0 cm³/mol. The summed E-state index contributed by atoms with van der Waals surface area (Å²) in [5.74, 6) is 1.17. The Hall–Kier alpha value is -1.21. The lowest BCUT2D eigenvalue weighted by Crippen LogP contribution is -1.91. The fourth-order valence-electron chi connectivity index (χ4n) is 0.947. The molecule has 1 aromatic carbocycles. The number of halogens is 1. The second-order valence-corrected chi connectivity index (χ2v) is 3.15. The summed E-state index contributed by atoms with van der Waals surface area (Å²) in [7, 11) is 3.08. The van der Waals surface area contributed by atoms with E-state index in [1.165, 1.54) is 7.11 Å². The normalized spacial score (nSPS) is 9.08.